The SMILES string of the molecule is Cc1ccccc1NC(=O)OCCF. The zero-order valence-electron chi connectivity index (χ0n) is 7.92. The van der Waals surface area contributed by atoms with E-state index in [0.717, 1.165) is 5.56 Å². The van der Waals surface area contributed by atoms with Gasteiger partial charge in [-0.25, -0.2) is 9.18 Å². The standard InChI is InChI=1S/C10H12FNO2/c1-8-4-2-3-5-9(8)12-10(13)14-7-6-11/h2-5H,6-7H2,1H3,(H,12,13). The fraction of sp³-hybridized carbons (Fsp3) is 0.300. The van der Waals surface area contributed by atoms with Crippen molar-refractivity contribution in [1.29, 1.82) is 0 Å². The molecule has 1 rings (SSSR count). The number of aryl methyl sites for hydroxylation is 1. The largest absolute Gasteiger partial charge is 0.447 e. The first kappa shape index (κ1) is 10.5. The van der Waals surface area contributed by atoms with Gasteiger partial charge >= 0.3 is 6.09 Å². The van der Waals surface area contributed by atoms with E-state index in [4.69, 9.17) is 0 Å². The summed E-state index contributed by atoms with van der Waals surface area (Å²) < 4.78 is 16.2. The molecule has 0 aliphatic heterocycles. The molecule has 1 N–H and O–H groups in total. The van der Waals surface area contributed by atoms with Gasteiger partial charge in [-0.3, -0.25) is 5.32 Å². The first-order valence-corrected chi connectivity index (χ1v) is 4.29. The van der Waals surface area contributed by atoms with Crippen LogP contribution in [0.15, 0.2) is 24.3 Å². The molecule has 0 spiro atoms. The quantitative estimate of drug-likeness (QED) is 0.808. The maximum atomic E-state index is 11.7. The van der Waals surface area contributed by atoms with Crippen molar-refractivity contribution in [2.24, 2.45) is 0 Å². The average molecular weight is 197 g/mol. The third kappa shape index (κ3) is 3.05. The molecule has 0 aliphatic rings. The van der Waals surface area contributed by atoms with Crippen molar-refractivity contribution in [2.45, 2.75) is 6.92 Å². The summed E-state index contributed by atoms with van der Waals surface area (Å²) >= 11 is 0. The second-order valence-corrected chi connectivity index (χ2v) is 2.76. The van der Waals surface area contributed by atoms with Crippen molar-refractivity contribution >= 4 is 11.8 Å². The highest BCUT2D eigenvalue weighted by molar-refractivity contribution is 5.85. The maximum absolute atomic E-state index is 11.7. The monoisotopic (exact) mass is 197 g/mol. The van der Waals surface area contributed by atoms with Crippen LogP contribution in [-0.2, 0) is 4.74 Å². The van der Waals surface area contributed by atoms with Gasteiger partial charge in [-0.2, -0.15) is 0 Å². The predicted molar refractivity (Wildman–Crippen MR) is 52.1 cm³/mol. The van der Waals surface area contributed by atoms with Crippen LogP contribution in [0.2, 0.25) is 0 Å². The van der Waals surface area contributed by atoms with Gasteiger partial charge in [0.15, 0.2) is 0 Å². The van der Waals surface area contributed by atoms with Crippen LogP contribution in [0.1, 0.15) is 5.56 Å². The van der Waals surface area contributed by atoms with Gasteiger partial charge in [-0.1, -0.05) is 18.2 Å². The molecule has 0 atom stereocenters. The Balaban J connectivity index is 2.52. The van der Waals surface area contributed by atoms with Crippen molar-refractivity contribution < 1.29 is 13.9 Å². The fourth-order valence-corrected chi connectivity index (χ4v) is 0.990. The summed E-state index contributed by atoms with van der Waals surface area (Å²) in [5, 5.41) is 2.52. The molecule has 3 nitrogen and oxygen atoms in total. The van der Waals surface area contributed by atoms with Crippen molar-refractivity contribution in [3.63, 3.8) is 0 Å². The number of benzene rings is 1. The number of anilines is 1. The first-order valence-electron chi connectivity index (χ1n) is 4.29. The van der Waals surface area contributed by atoms with Gasteiger partial charge in [-0.05, 0) is 18.6 Å². The number of carbonyl (C=O) groups is 1. The van der Waals surface area contributed by atoms with Crippen LogP contribution < -0.4 is 5.32 Å². The molecule has 76 valence electrons. The van der Waals surface area contributed by atoms with Gasteiger partial charge in [0.25, 0.3) is 0 Å². The molecule has 0 saturated carbocycles. The van der Waals surface area contributed by atoms with Crippen LogP contribution >= 0.6 is 0 Å². The van der Waals surface area contributed by atoms with E-state index in [1.807, 2.05) is 19.1 Å². The van der Waals surface area contributed by atoms with E-state index in [1.165, 1.54) is 0 Å². The van der Waals surface area contributed by atoms with E-state index in [9.17, 15) is 9.18 Å². The molecule has 14 heavy (non-hydrogen) atoms. The Hall–Kier alpha value is -1.58. The number of amides is 1. The van der Waals surface area contributed by atoms with Crippen LogP contribution in [0.4, 0.5) is 14.9 Å². The molecule has 1 amide bonds. The third-order valence-corrected chi connectivity index (χ3v) is 1.69. The molecule has 1 aromatic carbocycles. The number of halogens is 1. The van der Waals surface area contributed by atoms with Crippen molar-refractivity contribution in [2.75, 3.05) is 18.6 Å². The van der Waals surface area contributed by atoms with E-state index in [2.05, 4.69) is 10.1 Å². The molecule has 0 heterocycles. The highest BCUT2D eigenvalue weighted by Gasteiger charge is 2.03. The van der Waals surface area contributed by atoms with Gasteiger partial charge in [0, 0.05) is 5.69 Å². The summed E-state index contributed by atoms with van der Waals surface area (Å²) in [5.41, 5.74) is 1.61. The fourth-order valence-electron chi connectivity index (χ4n) is 0.990. The van der Waals surface area contributed by atoms with E-state index in [-0.39, 0.29) is 6.61 Å². The molecular formula is C10H12FNO2. The lowest BCUT2D eigenvalue weighted by atomic mass is 10.2. The van der Waals surface area contributed by atoms with Gasteiger partial charge < -0.3 is 4.74 Å². The van der Waals surface area contributed by atoms with Gasteiger partial charge in [0.2, 0.25) is 0 Å². The Bertz CT molecular complexity index is 315. The van der Waals surface area contributed by atoms with Crippen molar-refractivity contribution in [3.8, 4) is 0 Å². The number of nitrogens with one attached hydrogen (secondary N) is 1. The zero-order valence-corrected chi connectivity index (χ0v) is 7.92. The summed E-state index contributed by atoms with van der Waals surface area (Å²) in [6.45, 7) is 0.990. The number of para-hydroxylation sites is 1. The second kappa shape index (κ2) is 5.21. The molecule has 0 bridgehead atoms. The number of ether oxygens (including phenoxy) is 1. The molecule has 1 aromatic rings. The molecule has 0 saturated heterocycles. The molecule has 0 radical (unpaired) electrons. The third-order valence-electron chi connectivity index (χ3n) is 1.69. The summed E-state index contributed by atoms with van der Waals surface area (Å²) in [5.74, 6) is 0. The lowest BCUT2D eigenvalue weighted by Gasteiger charge is -2.07. The number of rotatable bonds is 3. The highest BCUT2D eigenvalue weighted by atomic mass is 19.1. The Morgan fingerprint density at radius 3 is 2.86 bits per heavy atom. The Morgan fingerprint density at radius 1 is 1.50 bits per heavy atom. The summed E-state index contributed by atoms with van der Waals surface area (Å²) in [6.07, 6.45) is -0.628. The molecule has 0 fully saturated rings. The molecule has 0 unspecified atom stereocenters. The predicted octanol–water partition coefficient (Wildman–Crippen LogP) is 2.51. The van der Waals surface area contributed by atoms with Crippen molar-refractivity contribution in [3.05, 3.63) is 29.8 Å². The minimum atomic E-state index is -0.665. The number of carbonyl (C=O) groups excluding carboxylic acids is 1. The lowest BCUT2D eigenvalue weighted by Crippen LogP contribution is -2.15. The Labute approximate surface area is 81.9 Å². The minimum Gasteiger partial charge on any atom is -0.447 e. The van der Waals surface area contributed by atoms with E-state index in [1.54, 1.807) is 12.1 Å². The number of hydrogen-bond acceptors (Lipinski definition) is 2. The van der Waals surface area contributed by atoms with Crippen LogP contribution in [0, 0.1) is 6.92 Å². The van der Waals surface area contributed by atoms with Crippen LogP contribution in [0.5, 0.6) is 0 Å². The van der Waals surface area contributed by atoms with E-state index < -0.39 is 12.8 Å². The highest BCUT2D eigenvalue weighted by Crippen LogP contribution is 2.12. The minimum absolute atomic E-state index is 0.211. The van der Waals surface area contributed by atoms with Crippen LogP contribution in [-0.4, -0.2) is 19.4 Å². The van der Waals surface area contributed by atoms with E-state index in [0.29, 0.717) is 5.69 Å². The molecular weight excluding hydrogens is 185 g/mol. The Morgan fingerprint density at radius 2 is 2.21 bits per heavy atom. The van der Waals surface area contributed by atoms with Crippen molar-refractivity contribution in [1.82, 2.24) is 0 Å². The molecule has 4 heteroatoms. The van der Waals surface area contributed by atoms with Gasteiger partial charge in [0.1, 0.15) is 13.3 Å². The van der Waals surface area contributed by atoms with E-state index >= 15 is 0 Å². The smallest absolute Gasteiger partial charge is 0.411 e. The normalized spacial score (nSPS) is 9.57. The second-order valence-electron chi connectivity index (χ2n) is 2.76. The molecule has 0 aliphatic carbocycles. The van der Waals surface area contributed by atoms with Gasteiger partial charge in [-0.15, -0.1) is 0 Å². The maximum Gasteiger partial charge on any atom is 0.411 e. The lowest BCUT2D eigenvalue weighted by molar-refractivity contribution is 0.152. The number of hydrogen-bond donors (Lipinski definition) is 1. The zero-order chi connectivity index (χ0) is 10.4. The topological polar surface area (TPSA) is 38.3 Å². The Kier molecular flexibility index (Phi) is 3.91. The van der Waals surface area contributed by atoms with Crippen LogP contribution in [0.3, 0.4) is 0 Å². The summed E-state index contributed by atoms with van der Waals surface area (Å²) in [7, 11) is 0. The molecule has 0 aromatic heterocycles. The summed E-state index contributed by atoms with van der Waals surface area (Å²) in [4.78, 5) is 11.0. The van der Waals surface area contributed by atoms with Gasteiger partial charge in [0.05, 0.1) is 0 Å². The first-order chi connectivity index (χ1) is 6.74. The average Bonchev–Trinajstić information content (AvgIpc) is 2.18. The van der Waals surface area contributed by atoms with Crippen LogP contribution in [0.25, 0.3) is 0 Å². The summed E-state index contributed by atoms with van der Waals surface area (Å²) in [6, 6.07) is 7.29. The number of alkyl halides is 1.